The summed E-state index contributed by atoms with van der Waals surface area (Å²) < 4.78 is 43.8. The molecule has 1 saturated heterocycles. The minimum absolute atomic E-state index is 0.107. The van der Waals surface area contributed by atoms with Crippen LogP contribution < -0.4 is 4.74 Å². The highest BCUT2D eigenvalue weighted by atomic mass is 35.5. The summed E-state index contributed by atoms with van der Waals surface area (Å²) in [5.41, 5.74) is 0.906. The molecule has 1 aliphatic rings. The van der Waals surface area contributed by atoms with Gasteiger partial charge in [0.1, 0.15) is 11.3 Å². The minimum Gasteiger partial charge on any atom is -0.496 e. The van der Waals surface area contributed by atoms with Gasteiger partial charge in [0, 0.05) is 31.3 Å². The smallest absolute Gasteiger partial charge is 0.341 e. The molecule has 2 aromatic carbocycles. The monoisotopic (exact) mass is 467 g/mol. The van der Waals surface area contributed by atoms with Crippen molar-refractivity contribution in [2.24, 2.45) is 5.92 Å². The first-order chi connectivity index (χ1) is 14.8. The summed E-state index contributed by atoms with van der Waals surface area (Å²) in [5.74, 6) is 0.0107. The highest BCUT2D eigenvalue weighted by Gasteiger charge is 2.29. The van der Waals surface area contributed by atoms with Gasteiger partial charge in [-0.3, -0.25) is 0 Å². The van der Waals surface area contributed by atoms with E-state index in [0.717, 1.165) is 12.8 Å². The first-order valence-electron chi connectivity index (χ1n) is 9.94. The standard InChI is InChI=1S/C22H26ClNO6S/c1-28-21-8-3-17(13-20(21)22(25)29-2)15-24(14-16-9-11-30-12-10-16)31(26,27)19-6-4-18(23)5-7-19/h3-8,13,16H,9-12,14-15H2,1-2H3. The largest absolute Gasteiger partial charge is 0.496 e. The predicted octanol–water partition coefficient (Wildman–Crippen LogP) is 3.75. The van der Waals surface area contributed by atoms with Crippen molar-refractivity contribution >= 4 is 27.6 Å². The van der Waals surface area contributed by atoms with Gasteiger partial charge in [0.25, 0.3) is 0 Å². The number of halogens is 1. The number of carbonyl (C=O) groups is 1. The molecule has 0 radical (unpaired) electrons. The van der Waals surface area contributed by atoms with Crippen LogP contribution in [0.3, 0.4) is 0 Å². The van der Waals surface area contributed by atoms with Gasteiger partial charge in [-0.05, 0) is 60.7 Å². The summed E-state index contributed by atoms with van der Waals surface area (Å²) in [6.45, 7) is 1.70. The van der Waals surface area contributed by atoms with Crippen LogP contribution in [0.1, 0.15) is 28.8 Å². The molecule has 168 valence electrons. The van der Waals surface area contributed by atoms with Crippen molar-refractivity contribution in [2.75, 3.05) is 34.0 Å². The molecule has 9 heteroatoms. The van der Waals surface area contributed by atoms with Gasteiger partial charge < -0.3 is 14.2 Å². The number of rotatable bonds is 8. The van der Waals surface area contributed by atoms with E-state index in [4.69, 9.17) is 25.8 Å². The van der Waals surface area contributed by atoms with Crippen LogP contribution in [0.4, 0.5) is 0 Å². The number of carbonyl (C=O) groups excluding carboxylic acids is 1. The van der Waals surface area contributed by atoms with Gasteiger partial charge in [0.2, 0.25) is 10.0 Å². The highest BCUT2D eigenvalue weighted by Crippen LogP contribution is 2.27. The summed E-state index contributed by atoms with van der Waals surface area (Å²) in [4.78, 5) is 12.3. The van der Waals surface area contributed by atoms with E-state index in [2.05, 4.69) is 0 Å². The summed E-state index contributed by atoms with van der Waals surface area (Å²) in [6, 6.07) is 11.1. The molecule has 0 unspecified atom stereocenters. The van der Waals surface area contributed by atoms with E-state index >= 15 is 0 Å². The molecule has 0 aromatic heterocycles. The van der Waals surface area contributed by atoms with Crippen molar-refractivity contribution in [1.82, 2.24) is 4.31 Å². The molecule has 0 spiro atoms. The fraction of sp³-hybridized carbons (Fsp3) is 0.409. The van der Waals surface area contributed by atoms with E-state index in [1.807, 2.05) is 0 Å². The first-order valence-corrected chi connectivity index (χ1v) is 11.8. The lowest BCUT2D eigenvalue weighted by atomic mass is 10.0. The summed E-state index contributed by atoms with van der Waals surface area (Å²) >= 11 is 5.94. The summed E-state index contributed by atoms with van der Waals surface area (Å²) in [7, 11) is -1.03. The number of esters is 1. The molecule has 1 fully saturated rings. The summed E-state index contributed by atoms with van der Waals surface area (Å²) in [6.07, 6.45) is 1.59. The fourth-order valence-electron chi connectivity index (χ4n) is 3.55. The highest BCUT2D eigenvalue weighted by molar-refractivity contribution is 7.89. The number of hydrogen-bond acceptors (Lipinski definition) is 6. The Kier molecular flexibility index (Phi) is 7.94. The van der Waals surface area contributed by atoms with E-state index in [-0.39, 0.29) is 22.9 Å². The third-order valence-corrected chi connectivity index (χ3v) is 7.36. The SMILES string of the molecule is COC(=O)c1cc(CN(CC2CCOCC2)S(=O)(=O)c2ccc(Cl)cc2)ccc1OC. The Morgan fingerprint density at radius 3 is 2.42 bits per heavy atom. The topological polar surface area (TPSA) is 82.1 Å². The van der Waals surface area contributed by atoms with Crippen molar-refractivity contribution in [3.63, 3.8) is 0 Å². The molecule has 0 amide bonds. The molecule has 2 aromatic rings. The first kappa shape index (κ1) is 23.5. The fourth-order valence-corrected chi connectivity index (χ4v) is 5.18. The third kappa shape index (κ3) is 5.77. The van der Waals surface area contributed by atoms with Crippen LogP contribution in [-0.4, -0.2) is 52.7 Å². The van der Waals surface area contributed by atoms with E-state index in [1.165, 1.54) is 30.7 Å². The van der Waals surface area contributed by atoms with Crippen LogP contribution >= 0.6 is 11.6 Å². The maximum Gasteiger partial charge on any atom is 0.341 e. The second-order valence-corrected chi connectivity index (χ2v) is 9.71. The molecular weight excluding hydrogens is 442 g/mol. The molecule has 0 atom stereocenters. The van der Waals surface area contributed by atoms with E-state index < -0.39 is 16.0 Å². The number of hydrogen-bond donors (Lipinski definition) is 0. The van der Waals surface area contributed by atoms with Crippen LogP contribution in [-0.2, 0) is 26.0 Å². The molecule has 0 aliphatic carbocycles. The second-order valence-electron chi connectivity index (χ2n) is 7.33. The Bertz CT molecular complexity index is 1000. The lowest BCUT2D eigenvalue weighted by Crippen LogP contribution is -2.36. The van der Waals surface area contributed by atoms with Gasteiger partial charge in [-0.25, -0.2) is 13.2 Å². The van der Waals surface area contributed by atoms with Gasteiger partial charge in [-0.15, -0.1) is 0 Å². The Morgan fingerprint density at radius 1 is 1.13 bits per heavy atom. The van der Waals surface area contributed by atoms with Gasteiger partial charge >= 0.3 is 5.97 Å². The lowest BCUT2D eigenvalue weighted by Gasteiger charge is -2.29. The van der Waals surface area contributed by atoms with Crippen LogP contribution in [0.5, 0.6) is 5.75 Å². The van der Waals surface area contributed by atoms with Gasteiger partial charge in [-0.2, -0.15) is 4.31 Å². The molecular formula is C22H26ClNO6S. The number of ether oxygens (including phenoxy) is 3. The average molecular weight is 468 g/mol. The van der Waals surface area contributed by atoms with Crippen LogP contribution in [0.25, 0.3) is 0 Å². The zero-order chi connectivity index (χ0) is 22.4. The van der Waals surface area contributed by atoms with Gasteiger partial charge in [0.05, 0.1) is 19.1 Å². The van der Waals surface area contributed by atoms with Crippen molar-refractivity contribution in [1.29, 1.82) is 0 Å². The van der Waals surface area contributed by atoms with E-state index in [9.17, 15) is 13.2 Å². The molecule has 1 aliphatic heterocycles. The maximum absolute atomic E-state index is 13.5. The van der Waals surface area contributed by atoms with Crippen LogP contribution in [0.2, 0.25) is 5.02 Å². The van der Waals surface area contributed by atoms with E-state index in [0.29, 0.717) is 36.1 Å². The Morgan fingerprint density at radius 2 is 1.81 bits per heavy atom. The Labute approximate surface area is 187 Å². The van der Waals surface area contributed by atoms with E-state index in [1.54, 1.807) is 30.3 Å². The number of methoxy groups -OCH3 is 2. The van der Waals surface area contributed by atoms with Crippen molar-refractivity contribution in [3.05, 3.63) is 58.6 Å². The zero-order valence-corrected chi connectivity index (χ0v) is 19.1. The molecule has 3 rings (SSSR count). The van der Waals surface area contributed by atoms with Crippen LogP contribution in [0, 0.1) is 5.92 Å². The molecule has 7 nitrogen and oxygen atoms in total. The van der Waals surface area contributed by atoms with Gasteiger partial charge in [0.15, 0.2) is 0 Å². The van der Waals surface area contributed by atoms with Crippen molar-refractivity contribution in [2.45, 2.75) is 24.3 Å². The quantitative estimate of drug-likeness (QED) is 0.550. The molecule has 31 heavy (non-hydrogen) atoms. The number of sulfonamides is 1. The average Bonchev–Trinajstić information content (AvgIpc) is 2.79. The predicted molar refractivity (Wildman–Crippen MR) is 117 cm³/mol. The number of benzene rings is 2. The Balaban J connectivity index is 1.94. The van der Waals surface area contributed by atoms with Crippen LogP contribution in [0.15, 0.2) is 47.4 Å². The second kappa shape index (κ2) is 10.5. The summed E-state index contributed by atoms with van der Waals surface area (Å²) in [5, 5.41) is 0.466. The minimum atomic E-state index is -3.78. The Hall–Kier alpha value is -2.13. The molecule has 1 heterocycles. The van der Waals surface area contributed by atoms with Crippen molar-refractivity contribution < 1.29 is 27.4 Å². The molecule has 0 N–H and O–H groups in total. The zero-order valence-electron chi connectivity index (χ0n) is 17.5. The van der Waals surface area contributed by atoms with Crippen molar-refractivity contribution in [3.8, 4) is 5.75 Å². The molecule has 0 saturated carbocycles. The lowest BCUT2D eigenvalue weighted by molar-refractivity contribution is 0.0592. The van der Waals surface area contributed by atoms with Gasteiger partial charge in [-0.1, -0.05) is 17.7 Å². The maximum atomic E-state index is 13.5. The molecule has 0 bridgehead atoms. The third-order valence-electron chi connectivity index (χ3n) is 5.28. The normalized spacial score (nSPS) is 15.1. The number of nitrogens with zero attached hydrogens (tertiary/aromatic N) is 1.